The Morgan fingerprint density at radius 1 is 1.56 bits per heavy atom. The number of aromatic nitrogens is 2. The van der Waals surface area contributed by atoms with Crippen LogP contribution in [0.25, 0.3) is 0 Å². The maximum absolute atomic E-state index is 11.0. The standard InChI is InChI=1S/C10H16N4O2/c1-3-4-7-9(11)13-6-14-10(7)12-5-8(15)16-2/h6H,3-5H2,1-2H3,(H3,11,12,13,14). The molecule has 0 saturated carbocycles. The number of nitrogens with two attached hydrogens (primary N) is 1. The minimum Gasteiger partial charge on any atom is -0.468 e. The fourth-order valence-electron chi connectivity index (χ4n) is 1.30. The third-order valence-electron chi connectivity index (χ3n) is 2.11. The zero-order chi connectivity index (χ0) is 12.0. The largest absolute Gasteiger partial charge is 0.468 e. The Bertz CT molecular complexity index is 368. The van der Waals surface area contributed by atoms with E-state index in [1.54, 1.807) is 0 Å². The second-order valence-electron chi connectivity index (χ2n) is 3.27. The number of ether oxygens (including phenoxy) is 1. The van der Waals surface area contributed by atoms with Crippen molar-refractivity contribution in [1.29, 1.82) is 0 Å². The van der Waals surface area contributed by atoms with E-state index in [0.717, 1.165) is 18.4 Å². The number of rotatable bonds is 5. The van der Waals surface area contributed by atoms with Gasteiger partial charge in [-0.05, 0) is 6.42 Å². The van der Waals surface area contributed by atoms with E-state index in [-0.39, 0.29) is 12.5 Å². The first-order valence-electron chi connectivity index (χ1n) is 5.09. The summed E-state index contributed by atoms with van der Waals surface area (Å²) in [7, 11) is 1.34. The third kappa shape index (κ3) is 3.08. The van der Waals surface area contributed by atoms with E-state index in [1.807, 2.05) is 6.92 Å². The molecule has 0 fully saturated rings. The molecule has 1 heterocycles. The molecule has 0 radical (unpaired) electrons. The Kier molecular flexibility index (Phi) is 4.50. The molecule has 88 valence electrons. The Morgan fingerprint density at radius 3 is 2.94 bits per heavy atom. The number of esters is 1. The molecule has 1 aromatic rings. The number of nitrogens with one attached hydrogen (secondary N) is 1. The normalized spacial score (nSPS) is 9.88. The molecule has 1 rings (SSSR count). The van der Waals surface area contributed by atoms with Gasteiger partial charge < -0.3 is 15.8 Å². The van der Waals surface area contributed by atoms with Crippen molar-refractivity contribution in [1.82, 2.24) is 9.97 Å². The van der Waals surface area contributed by atoms with E-state index in [1.165, 1.54) is 13.4 Å². The summed E-state index contributed by atoms with van der Waals surface area (Å²) >= 11 is 0. The molecule has 0 amide bonds. The monoisotopic (exact) mass is 224 g/mol. The maximum atomic E-state index is 11.0. The molecule has 0 spiro atoms. The molecule has 0 aromatic carbocycles. The highest BCUT2D eigenvalue weighted by atomic mass is 16.5. The van der Waals surface area contributed by atoms with Gasteiger partial charge >= 0.3 is 5.97 Å². The molecule has 6 heteroatoms. The number of carbonyl (C=O) groups is 1. The average molecular weight is 224 g/mol. The lowest BCUT2D eigenvalue weighted by Gasteiger charge is -2.10. The molecule has 0 bridgehead atoms. The van der Waals surface area contributed by atoms with Gasteiger partial charge in [0.1, 0.15) is 24.5 Å². The van der Waals surface area contributed by atoms with Gasteiger partial charge in [-0.25, -0.2) is 9.97 Å². The number of nitrogens with zero attached hydrogens (tertiary/aromatic N) is 2. The SMILES string of the molecule is CCCc1c(N)ncnc1NCC(=O)OC. The Hall–Kier alpha value is -1.85. The molecule has 3 N–H and O–H groups in total. The van der Waals surface area contributed by atoms with Gasteiger partial charge in [-0.15, -0.1) is 0 Å². The third-order valence-corrected chi connectivity index (χ3v) is 2.11. The maximum Gasteiger partial charge on any atom is 0.325 e. The summed E-state index contributed by atoms with van der Waals surface area (Å²) in [5.74, 6) is 0.698. The molecule has 0 atom stereocenters. The summed E-state index contributed by atoms with van der Waals surface area (Å²) in [6, 6.07) is 0. The highest BCUT2D eigenvalue weighted by molar-refractivity contribution is 5.75. The first kappa shape index (κ1) is 12.2. The van der Waals surface area contributed by atoms with Gasteiger partial charge in [-0.1, -0.05) is 13.3 Å². The second-order valence-corrected chi connectivity index (χ2v) is 3.27. The summed E-state index contributed by atoms with van der Waals surface area (Å²) in [4.78, 5) is 19.0. The number of hydrogen-bond donors (Lipinski definition) is 2. The number of methoxy groups -OCH3 is 1. The number of hydrogen-bond acceptors (Lipinski definition) is 6. The highest BCUT2D eigenvalue weighted by Gasteiger charge is 2.09. The van der Waals surface area contributed by atoms with Gasteiger partial charge in [0.25, 0.3) is 0 Å². The minimum atomic E-state index is -0.348. The topological polar surface area (TPSA) is 90.1 Å². The Morgan fingerprint density at radius 2 is 2.31 bits per heavy atom. The van der Waals surface area contributed by atoms with Crippen molar-refractivity contribution in [2.45, 2.75) is 19.8 Å². The van der Waals surface area contributed by atoms with Crippen LogP contribution in [-0.4, -0.2) is 29.6 Å². The summed E-state index contributed by atoms with van der Waals surface area (Å²) in [5, 5.41) is 2.88. The van der Waals surface area contributed by atoms with Crippen molar-refractivity contribution >= 4 is 17.6 Å². The number of anilines is 2. The van der Waals surface area contributed by atoms with Gasteiger partial charge in [0.05, 0.1) is 7.11 Å². The Labute approximate surface area is 94.2 Å². The van der Waals surface area contributed by atoms with Gasteiger partial charge in [-0.3, -0.25) is 4.79 Å². The number of nitrogen functional groups attached to an aromatic ring is 1. The average Bonchev–Trinajstić information content (AvgIpc) is 2.29. The van der Waals surface area contributed by atoms with Crippen molar-refractivity contribution in [2.75, 3.05) is 24.7 Å². The second kappa shape index (κ2) is 5.89. The van der Waals surface area contributed by atoms with Crippen molar-refractivity contribution in [3.8, 4) is 0 Å². The van der Waals surface area contributed by atoms with E-state index in [0.29, 0.717) is 11.6 Å². The molecule has 16 heavy (non-hydrogen) atoms. The summed E-state index contributed by atoms with van der Waals surface area (Å²) < 4.78 is 4.53. The summed E-state index contributed by atoms with van der Waals surface area (Å²) in [6.45, 7) is 2.11. The van der Waals surface area contributed by atoms with Crippen LogP contribution in [0.4, 0.5) is 11.6 Å². The lowest BCUT2D eigenvalue weighted by Crippen LogP contribution is -2.17. The zero-order valence-corrected chi connectivity index (χ0v) is 9.49. The quantitative estimate of drug-likeness (QED) is 0.712. The van der Waals surface area contributed by atoms with Gasteiger partial charge in [-0.2, -0.15) is 0 Å². The zero-order valence-electron chi connectivity index (χ0n) is 9.49. The van der Waals surface area contributed by atoms with E-state index in [2.05, 4.69) is 20.0 Å². The predicted octanol–water partition coefficient (Wildman–Crippen LogP) is 0.596. The van der Waals surface area contributed by atoms with Crippen molar-refractivity contribution in [3.63, 3.8) is 0 Å². The van der Waals surface area contributed by atoms with E-state index >= 15 is 0 Å². The highest BCUT2D eigenvalue weighted by Crippen LogP contribution is 2.18. The molecule has 0 saturated heterocycles. The van der Waals surface area contributed by atoms with Crippen molar-refractivity contribution in [3.05, 3.63) is 11.9 Å². The summed E-state index contributed by atoms with van der Waals surface area (Å²) in [6.07, 6.45) is 3.08. The lowest BCUT2D eigenvalue weighted by atomic mass is 10.1. The van der Waals surface area contributed by atoms with Crippen LogP contribution in [0.5, 0.6) is 0 Å². The van der Waals surface area contributed by atoms with Gasteiger partial charge in [0, 0.05) is 5.56 Å². The molecule has 0 aliphatic carbocycles. The van der Waals surface area contributed by atoms with Crippen LogP contribution in [0.3, 0.4) is 0 Å². The van der Waals surface area contributed by atoms with E-state index in [9.17, 15) is 4.79 Å². The molecule has 0 unspecified atom stereocenters. The molecular formula is C10H16N4O2. The fraction of sp³-hybridized carbons (Fsp3) is 0.500. The van der Waals surface area contributed by atoms with Crippen LogP contribution in [0.2, 0.25) is 0 Å². The molecule has 6 nitrogen and oxygen atoms in total. The predicted molar refractivity (Wildman–Crippen MR) is 60.9 cm³/mol. The van der Waals surface area contributed by atoms with Crippen molar-refractivity contribution in [2.24, 2.45) is 0 Å². The molecule has 0 aliphatic rings. The van der Waals surface area contributed by atoms with Crippen LogP contribution < -0.4 is 11.1 Å². The fourth-order valence-corrected chi connectivity index (χ4v) is 1.30. The van der Waals surface area contributed by atoms with E-state index < -0.39 is 0 Å². The summed E-state index contributed by atoms with van der Waals surface area (Å²) in [5.41, 5.74) is 6.58. The lowest BCUT2D eigenvalue weighted by molar-refractivity contribution is -0.138. The van der Waals surface area contributed by atoms with Crippen LogP contribution >= 0.6 is 0 Å². The first-order chi connectivity index (χ1) is 7.69. The smallest absolute Gasteiger partial charge is 0.325 e. The van der Waals surface area contributed by atoms with Crippen LogP contribution in [-0.2, 0) is 16.0 Å². The molecular weight excluding hydrogens is 208 g/mol. The van der Waals surface area contributed by atoms with Gasteiger partial charge in [0.15, 0.2) is 0 Å². The molecule has 1 aromatic heterocycles. The number of carbonyl (C=O) groups excluding carboxylic acids is 1. The van der Waals surface area contributed by atoms with Crippen LogP contribution in [0.1, 0.15) is 18.9 Å². The van der Waals surface area contributed by atoms with Crippen molar-refractivity contribution < 1.29 is 9.53 Å². The van der Waals surface area contributed by atoms with Crippen LogP contribution in [0, 0.1) is 0 Å². The molecule has 0 aliphatic heterocycles. The van der Waals surface area contributed by atoms with Crippen LogP contribution in [0.15, 0.2) is 6.33 Å². The first-order valence-corrected chi connectivity index (χ1v) is 5.09. The van der Waals surface area contributed by atoms with E-state index in [4.69, 9.17) is 5.73 Å². The minimum absolute atomic E-state index is 0.0731. The Balaban J connectivity index is 2.78. The van der Waals surface area contributed by atoms with Gasteiger partial charge in [0.2, 0.25) is 0 Å².